The molecule has 26 heavy (non-hydrogen) atoms. The van der Waals surface area contributed by atoms with Gasteiger partial charge < -0.3 is 5.11 Å². The van der Waals surface area contributed by atoms with Crippen LogP contribution in [0.3, 0.4) is 0 Å². The van der Waals surface area contributed by atoms with Gasteiger partial charge in [0.15, 0.2) is 0 Å². The minimum Gasteiger partial charge on any atom is -0.480 e. The molecule has 0 amide bonds. The van der Waals surface area contributed by atoms with Crippen LogP contribution in [0.2, 0.25) is 0 Å². The molecule has 2 unspecified atom stereocenters. The number of rotatable bonds is 4. The predicted molar refractivity (Wildman–Crippen MR) is 87.1 cm³/mol. The monoisotopic (exact) mass is 367 g/mol. The van der Waals surface area contributed by atoms with Crippen LogP contribution in [0.15, 0.2) is 48.5 Å². The van der Waals surface area contributed by atoms with Crippen molar-refractivity contribution in [1.82, 2.24) is 4.90 Å². The zero-order valence-electron chi connectivity index (χ0n) is 13.7. The molecule has 3 rings (SSSR count). The first-order chi connectivity index (χ1) is 12.3. The lowest BCUT2D eigenvalue weighted by atomic mass is 9.95. The van der Waals surface area contributed by atoms with E-state index < -0.39 is 35.6 Å². The van der Waals surface area contributed by atoms with Crippen LogP contribution in [-0.4, -0.2) is 28.6 Å². The minimum absolute atomic E-state index is 0.434. The van der Waals surface area contributed by atoms with Crippen molar-refractivity contribution in [1.29, 1.82) is 0 Å². The first-order valence-electron chi connectivity index (χ1n) is 8.18. The molecule has 0 spiro atoms. The van der Waals surface area contributed by atoms with Crippen molar-refractivity contribution in [3.63, 3.8) is 0 Å². The van der Waals surface area contributed by atoms with Gasteiger partial charge in [-0.15, -0.1) is 0 Å². The van der Waals surface area contributed by atoms with Crippen molar-refractivity contribution in [2.75, 3.05) is 6.54 Å². The molecule has 2 aromatic carbocycles. The molecular weight excluding hydrogens is 350 g/mol. The number of aliphatic carboxylic acids is 1. The second-order valence-corrected chi connectivity index (χ2v) is 6.31. The number of hydrogen-bond acceptors (Lipinski definition) is 2. The molecule has 0 aliphatic carbocycles. The van der Waals surface area contributed by atoms with Gasteiger partial charge in [0.05, 0.1) is 11.6 Å². The van der Waals surface area contributed by atoms with E-state index in [0.717, 1.165) is 12.1 Å². The largest absolute Gasteiger partial charge is 0.480 e. The van der Waals surface area contributed by atoms with E-state index in [2.05, 4.69) is 0 Å². The number of carbonyl (C=O) groups is 1. The number of likely N-dealkylation sites (tertiary alicyclic amines) is 1. The third kappa shape index (κ3) is 3.72. The number of carboxylic acids is 1. The fraction of sp³-hybridized carbons (Fsp3) is 0.316. The van der Waals surface area contributed by atoms with Crippen molar-refractivity contribution in [2.24, 2.45) is 0 Å². The Bertz CT molecular complexity index is 772. The average molecular weight is 367 g/mol. The van der Waals surface area contributed by atoms with Gasteiger partial charge in [0.2, 0.25) is 0 Å². The topological polar surface area (TPSA) is 40.5 Å². The maximum atomic E-state index is 13.3. The highest BCUT2D eigenvalue weighted by Gasteiger charge is 2.37. The number of benzene rings is 2. The Labute approximate surface area is 147 Å². The average Bonchev–Trinajstić information content (AvgIpc) is 3.06. The first-order valence-corrected chi connectivity index (χ1v) is 8.18. The molecule has 0 saturated carbocycles. The van der Waals surface area contributed by atoms with Crippen molar-refractivity contribution in [3.05, 3.63) is 71.0 Å². The van der Waals surface area contributed by atoms with Gasteiger partial charge >= 0.3 is 12.1 Å². The Balaban J connectivity index is 2.03. The van der Waals surface area contributed by atoms with E-state index in [0.29, 0.717) is 30.5 Å². The lowest BCUT2D eigenvalue weighted by molar-refractivity contribution is -0.142. The molecule has 0 radical (unpaired) electrons. The Morgan fingerprint density at radius 3 is 2.08 bits per heavy atom. The number of carboxylic acid groups (broad SMARTS) is 1. The summed E-state index contributed by atoms with van der Waals surface area (Å²) >= 11 is 0. The summed E-state index contributed by atoms with van der Waals surface area (Å²) in [4.78, 5) is 13.3. The lowest BCUT2D eigenvalue weighted by Crippen LogP contribution is -2.39. The normalized spacial score (nSPS) is 19.5. The van der Waals surface area contributed by atoms with Crippen LogP contribution in [0, 0.1) is 5.82 Å². The molecule has 3 nitrogen and oxygen atoms in total. The van der Waals surface area contributed by atoms with Gasteiger partial charge in [-0.05, 0) is 48.2 Å². The second kappa shape index (κ2) is 7.07. The van der Waals surface area contributed by atoms with E-state index in [1.807, 2.05) is 0 Å². The van der Waals surface area contributed by atoms with Gasteiger partial charge in [-0.2, -0.15) is 13.2 Å². The van der Waals surface area contributed by atoms with Crippen molar-refractivity contribution in [2.45, 2.75) is 31.1 Å². The standard InChI is InChI=1S/C19H17F4NO2/c20-15-9-5-13(6-10-15)17(24-11-1-2-16(24)18(25)26)12-3-7-14(8-4-12)19(21,22)23/h3-10,16-17H,1-2,11H2,(H,25,26). The van der Waals surface area contributed by atoms with Crippen LogP contribution in [0.5, 0.6) is 0 Å². The number of nitrogens with zero attached hydrogens (tertiary/aromatic N) is 1. The van der Waals surface area contributed by atoms with Crippen molar-refractivity contribution < 1.29 is 27.5 Å². The van der Waals surface area contributed by atoms with Crippen LogP contribution in [-0.2, 0) is 11.0 Å². The summed E-state index contributed by atoms with van der Waals surface area (Å²) in [6.45, 7) is 0.500. The van der Waals surface area contributed by atoms with E-state index in [-0.39, 0.29) is 0 Å². The maximum absolute atomic E-state index is 13.3. The highest BCUT2D eigenvalue weighted by molar-refractivity contribution is 5.74. The highest BCUT2D eigenvalue weighted by Crippen LogP contribution is 2.36. The van der Waals surface area contributed by atoms with Gasteiger partial charge in [-0.25, -0.2) is 4.39 Å². The molecule has 1 fully saturated rings. The Morgan fingerprint density at radius 2 is 1.58 bits per heavy atom. The van der Waals surface area contributed by atoms with Crippen molar-refractivity contribution in [3.8, 4) is 0 Å². The van der Waals surface area contributed by atoms with Gasteiger partial charge in [0.1, 0.15) is 11.9 Å². The Morgan fingerprint density at radius 1 is 1.04 bits per heavy atom. The molecular formula is C19H17F4NO2. The molecule has 1 aliphatic heterocycles. The predicted octanol–water partition coefficient (Wildman–Crippen LogP) is 4.48. The molecule has 138 valence electrons. The van der Waals surface area contributed by atoms with Crippen LogP contribution in [0.1, 0.15) is 35.6 Å². The van der Waals surface area contributed by atoms with Gasteiger partial charge in [-0.1, -0.05) is 24.3 Å². The van der Waals surface area contributed by atoms with Gasteiger partial charge in [0, 0.05) is 6.54 Å². The number of alkyl halides is 3. The molecule has 1 heterocycles. The summed E-state index contributed by atoms with van der Waals surface area (Å²) in [6.07, 6.45) is -3.30. The second-order valence-electron chi connectivity index (χ2n) is 6.31. The van der Waals surface area contributed by atoms with Crippen LogP contribution in [0.4, 0.5) is 17.6 Å². The Kier molecular flexibility index (Phi) is 5.00. The molecule has 1 saturated heterocycles. The third-order valence-corrected chi connectivity index (χ3v) is 4.65. The maximum Gasteiger partial charge on any atom is 0.416 e. The third-order valence-electron chi connectivity index (χ3n) is 4.65. The van der Waals surface area contributed by atoms with Crippen LogP contribution < -0.4 is 0 Å². The lowest BCUT2D eigenvalue weighted by Gasteiger charge is -2.32. The fourth-order valence-corrected chi connectivity index (χ4v) is 3.44. The zero-order valence-corrected chi connectivity index (χ0v) is 13.7. The number of hydrogen-bond donors (Lipinski definition) is 1. The Hall–Kier alpha value is -2.41. The zero-order chi connectivity index (χ0) is 18.9. The molecule has 0 bridgehead atoms. The molecule has 2 aromatic rings. The number of halogens is 4. The van der Waals surface area contributed by atoms with Gasteiger partial charge in [-0.3, -0.25) is 9.69 Å². The molecule has 1 aliphatic rings. The van der Waals surface area contributed by atoms with Crippen LogP contribution >= 0.6 is 0 Å². The highest BCUT2D eigenvalue weighted by atomic mass is 19.4. The summed E-state index contributed by atoms with van der Waals surface area (Å²) in [7, 11) is 0. The summed E-state index contributed by atoms with van der Waals surface area (Å²) in [5.41, 5.74) is 0.410. The van der Waals surface area contributed by atoms with Crippen LogP contribution in [0.25, 0.3) is 0 Å². The first kappa shape index (κ1) is 18.4. The molecule has 1 N–H and O–H groups in total. The molecule has 7 heteroatoms. The molecule has 0 aromatic heterocycles. The van der Waals surface area contributed by atoms with Gasteiger partial charge in [0.25, 0.3) is 0 Å². The fourth-order valence-electron chi connectivity index (χ4n) is 3.44. The quantitative estimate of drug-likeness (QED) is 0.810. The van der Waals surface area contributed by atoms with E-state index in [9.17, 15) is 27.5 Å². The molecule has 2 atom stereocenters. The van der Waals surface area contributed by atoms with E-state index in [4.69, 9.17) is 0 Å². The SMILES string of the molecule is O=C(O)C1CCCN1C(c1ccc(F)cc1)c1ccc(C(F)(F)F)cc1. The minimum atomic E-state index is -4.44. The summed E-state index contributed by atoms with van der Waals surface area (Å²) in [5, 5.41) is 9.47. The smallest absolute Gasteiger partial charge is 0.416 e. The summed E-state index contributed by atoms with van der Waals surface area (Å²) in [6, 6.07) is 8.99. The van der Waals surface area contributed by atoms with E-state index >= 15 is 0 Å². The summed E-state index contributed by atoms with van der Waals surface area (Å²) in [5.74, 6) is -1.40. The van der Waals surface area contributed by atoms with Crippen molar-refractivity contribution >= 4 is 5.97 Å². The summed E-state index contributed by atoms with van der Waals surface area (Å²) < 4.78 is 51.8. The van der Waals surface area contributed by atoms with E-state index in [1.165, 1.54) is 36.4 Å². The van der Waals surface area contributed by atoms with E-state index in [1.54, 1.807) is 4.90 Å².